The number of carbonyl (C=O) groups excluding carboxylic acids is 1. The van der Waals surface area contributed by atoms with Gasteiger partial charge in [-0.25, -0.2) is 5.01 Å². The molecule has 1 unspecified atom stereocenters. The Kier molecular flexibility index (Phi) is 4.69. The van der Waals surface area contributed by atoms with E-state index in [1.165, 1.54) is 5.01 Å². The van der Waals surface area contributed by atoms with Gasteiger partial charge in [-0.3, -0.25) is 4.79 Å². The van der Waals surface area contributed by atoms with E-state index in [0.29, 0.717) is 11.5 Å². The Balaban J connectivity index is 0.000000686. The molecular weight excluding hydrogens is 216 g/mol. The van der Waals surface area contributed by atoms with Gasteiger partial charge in [0.2, 0.25) is 6.10 Å². The molecule has 0 bridgehead atoms. The predicted molar refractivity (Wildman–Crippen MR) is 68.1 cm³/mol. The number of hydrazone groups is 1. The van der Waals surface area contributed by atoms with Crippen molar-refractivity contribution in [3.63, 3.8) is 0 Å². The smallest absolute Gasteiger partial charge is 0.289 e. The Morgan fingerprint density at radius 3 is 2.29 bits per heavy atom. The Morgan fingerprint density at radius 1 is 1.24 bits per heavy atom. The lowest BCUT2D eigenvalue weighted by Crippen LogP contribution is -2.34. The fourth-order valence-corrected chi connectivity index (χ4v) is 1.46. The van der Waals surface area contributed by atoms with Gasteiger partial charge in [-0.05, 0) is 19.1 Å². The van der Waals surface area contributed by atoms with E-state index in [1.54, 1.807) is 14.0 Å². The zero-order valence-corrected chi connectivity index (χ0v) is 10.7. The molecule has 1 heterocycles. The molecule has 1 aromatic rings. The summed E-state index contributed by atoms with van der Waals surface area (Å²) >= 11 is 0. The fourth-order valence-electron chi connectivity index (χ4n) is 1.46. The van der Waals surface area contributed by atoms with Gasteiger partial charge >= 0.3 is 0 Å². The number of hydrogen-bond acceptors (Lipinski definition) is 3. The van der Waals surface area contributed by atoms with Gasteiger partial charge in [-0.2, -0.15) is 5.10 Å². The number of hydrogen-bond donors (Lipinski definition) is 0. The second kappa shape index (κ2) is 6.03. The molecule has 0 saturated heterocycles. The lowest BCUT2D eigenvalue weighted by molar-refractivity contribution is -0.132. The summed E-state index contributed by atoms with van der Waals surface area (Å²) in [6.45, 7) is 5.79. The van der Waals surface area contributed by atoms with Crippen LogP contribution in [0.25, 0.3) is 0 Å². The van der Waals surface area contributed by atoms with Crippen LogP contribution in [-0.2, 0) is 4.79 Å². The molecule has 92 valence electrons. The Bertz CT molecular complexity index is 401. The van der Waals surface area contributed by atoms with Crippen LogP contribution >= 0.6 is 0 Å². The molecule has 0 aromatic heterocycles. The number of rotatable bonds is 2. The molecule has 2 rings (SSSR count). The minimum Gasteiger partial charge on any atom is -0.474 e. The van der Waals surface area contributed by atoms with E-state index in [4.69, 9.17) is 4.74 Å². The number of carbonyl (C=O) groups is 1. The van der Waals surface area contributed by atoms with Crippen LogP contribution in [0.15, 0.2) is 35.4 Å². The van der Waals surface area contributed by atoms with Crippen LogP contribution in [0.1, 0.15) is 20.8 Å². The maximum Gasteiger partial charge on any atom is 0.289 e. The summed E-state index contributed by atoms with van der Waals surface area (Å²) < 4.78 is 5.55. The van der Waals surface area contributed by atoms with E-state index in [-0.39, 0.29) is 5.91 Å². The molecule has 1 aliphatic rings. The van der Waals surface area contributed by atoms with Crippen LogP contribution in [0.2, 0.25) is 0 Å². The van der Waals surface area contributed by atoms with Crippen LogP contribution < -0.4 is 4.74 Å². The molecule has 4 nitrogen and oxygen atoms in total. The largest absolute Gasteiger partial charge is 0.474 e. The highest BCUT2D eigenvalue weighted by Gasteiger charge is 2.32. The second-order valence-corrected chi connectivity index (χ2v) is 3.41. The van der Waals surface area contributed by atoms with Crippen molar-refractivity contribution in [1.82, 2.24) is 5.01 Å². The highest BCUT2D eigenvalue weighted by molar-refractivity contribution is 6.09. The van der Waals surface area contributed by atoms with Gasteiger partial charge in [0.15, 0.2) is 0 Å². The minimum atomic E-state index is -0.572. The molecule has 1 aliphatic heterocycles. The number of amides is 1. The molecule has 0 spiro atoms. The predicted octanol–water partition coefficient (Wildman–Crippen LogP) is 2.31. The molecular formula is C13H18N2O2. The van der Waals surface area contributed by atoms with Crippen LogP contribution in [0.3, 0.4) is 0 Å². The monoisotopic (exact) mass is 234 g/mol. The molecule has 1 amide bonds. The van der Waals surface area contributed by atoms with Gasteiger partial charge in [0, 0.05) is 7.05 Å². The first-order valence-corrected chi connectivity index (χ1v) is 5.73. The van der Waals surface area contributed by atoms with Gasteiger partial charge in [-0.15, -0.1) is 0 Å². The molecule has 17 heavy (non-hydrogen) atoms. The molecule has 0 aliphatic carbocycles. The van der Waals surface area contributed by atoms with Crippen LogP contribution in [0.5, 0.6) is 5.75 Å². The maximum absolute atomic E-state index is 11.6. The van der Waals surface area contributed by atoms with Crippen molar-refractivity contribution in [1.29, 1.82) is 0 Å². The lowest BCUT2D eigenvalue weighted by atomic mass is 10.2. The third kappa shape index (κ3) is 3.06. The van der Waals surface area contributed by atoms with Gasteiger partial charge < -0.3 is 4.74 Å². The quantitative estimate of drug-likeness (QED) is 0.788. The summed E-state index contributed by atoms with van der Waals surface area (Å²) in [5.74, 6) is 0.553. The lowest BCUT2D eigenvalue weighted by Gasteiger charge is -2.12. The van der Waals surface area contributed by atoms with Crippen molar-refractivity contribution in [2.45, 2.75) is 26.9 Å². The number of para-hydroxylation sites is 1. The highest BCUT2D eigenvalue weighted by atomic mass is 16.5. The van der Waals surface area contributed by atoms with E-state index >= 15 is 0 Å². The van der Waals surface area contributed by atoms with Crippen molar-refractivity contribution in [2.75, 3.05) is 7.05 Å². The maximum atomic E-state index is 11.6. The van der Waals surface area contributed by atoms with Crippen molar-refractivity contribution >= 4 is 11.6 Å². The van der Waals surface area contributed by atoms with E-state index in [0.717, 1.165) is 0 Å². The van der Waals surface area contributed by atoms with Gasteiger partial charge in [0.05, 0.1) is 5.71 Å². The minimum absolute atomic E-state index is 0.128. The Labute approximate surface area is 102 Å². The molecule has 0 saturated carbocycles. The van der Waals surface area contributed by atoms with Crippen LogP contribution in [0.4, 0.5) is 0 Å². The van der Waals surface area contributed by atoms with Gasteiger partial charge in [-0.1, -0.05) is 32.0 Å². The molecule has 0 N–H and O–H groups in total. The van der Waals surface area contributed by atoms with Crippen LogP contribution in [-0.4, -0.2) is 29.8 Å². The summed E-state index contributed by atoms with van der Waals surface area (Å²) in [6, 6.07) is 9.27. The summed E-state index contributed by atoms with van der Waals surface area (Å²) in [7, 11) is 1.63. The van der Waals surface area contributed by atoms with Crippen molar-refractivity contribution in [3.8, 4) is 5.75 Å². The van der Waals surface area contributed by atoms with Crippen molar-refractivity contribution in [3.05, 3.63) is 30.3 Å². The fraction of sp³-hybridized carbons (Fsp3) is 0.385. The number of benzene rings is 1. The summed E-state index contributed by atoms with van der Waals surface area (Å²) in [4.78, 5) is 11.6. The van der Waals surface area contributed by atoms with E-state index in [2.05, 4.69) is 5.10 Å². The van der Waals surface area contributed by atoms with Gasteiger partial charge in [0.1, 0.15) is 5.75 Å². The summed E-state index contributed by atoms with van der Waals surface area (Å²) in [6.07, 6.45) is -0.572. The average molecular weight is 234 g/mol. The zero-order valence-electron chi connectivity index (χ0n) is 10.7. The first-order chi connectivity index (χ1) is 8.18. The number of ether oxygens (including phenoxy) is 1. The molecule has 0 radical (unpaired) electrons. The second-order valence-electron chi connectivity index (χ2n) is 3.41. The first kappa shape index (κ1) is 13.2. The first-order valence-electron chi connectivity index (χ1n) is 5.73. The number of likely N-dealkylation sites (N-methyl/N-ethyl adjacent to an activating group) is 1. The Morgan fingerprint density at radius 2 is 1.82 bits per heavy atom. The number of nitrogens with zero attached hydrogens (tertiary/aromatic N) is 2. The Hall–Kier alpha value is -1.84. The van der Waals surface area contributed by atoms with Crippen molar-refractivity contribution < 1.29 is 9.53 Å². The van der Waals surface area contributed by atoms with Crippen molar-refractivity contribution in [2.24, 2.45) is 5.10 Å². The van der Waals surface area contributed by atoms with E-state index < -0.39 is 6.10 Å². The molecule has 1 atom stereocenters. The SMILES string of the molecule is CC.CC1=NN(C)C(=O)C1Oc1ccccc1. The topological polar surface area (TPSA) is 41.9 Å². The summed E-state index contributed by atoms with van der Waals surface area (Å²) in [5, 5.41) is 5.33. The summed E-state index contributed by atoms with van der Waals surface area (Å²) in [5.41, 5.74) is 0.686. The van der Waals surface area contributed by atoms with E-state index in [1.807, 2.05) is 44.2 Å². The normalized spacial score (nSPS) is 18.4. The zero-order chi connectivity index (χ0) is 12.8. The standard InChI is InChI=1S/C11H12N2O2.C2H6/c1-8-10(11(14)13(2)12-8)15-9-6-4-3-5-7-9;1-2/h3-7,10H,1-2H3;1-2H3. The third-order valence-electron chi connectivity index (χ3n) is 2.23. The molecule has 0 fully saturated rings. The third-order valence-corrected chi connectivity index (χ3v) is 2.23. The highest BCUT2D eigenvalue weighted by Crippen LogP contribution is 2.16. The average Bonchev–Trinajstić information content (AvgIpc) is 2.60. The molecule has 4 heteroatoms. The van der Waals surface area contributed by atoms with Crippen LogP contribution in [0, 0.1) is 0 Å². The van der Waals surface area contributed by atoms with E-state index in [9.17, 15) is 4.79 Å². The van der Waals surface area contributed by atoms with Gasteiger partial charge in [0.25, 0.3) is 5.91 Å². The molecule has 1 aromatic carbocycles.